The van der Waals surface area contributed by atoms with E-state index in [1.54, 1.807) is 0 Å². The van der Waals surface area contributed by atoms with Crippen LogP contribution in [-0.2, 0) is 0 Å². The van der Waals surface area contributed by atoms with Crippen molar-refractivity contribution in [2.75, 3.05) is 24.5 Å². The standard InChI is InChI=1S/C15H18ClN3/c16-12-1-2-13-14(9-12)18-6-3-15(13)19-7-4-11(10-17)5-8-19/h1-3,6,9,11H,4-5,7-8,10,17H2. The average molecular weight is 276 g/mol. The number of fused-ring (bicyclic) bond motifs is 1. The molecule has 0 atom stereocenters. The van der Waals surface area contributed by atoms with Crippen LogP contribution in [0.2, 0.25) is 5.02 Å². The zero-order chi connectivity index (χ0) is 13.2. The minimum atomic E-state index is 0.679. The van der Waals surface area contributed by atoms with Crippen molar-refractivity contribution in [3.63, 3.8) is 0 Å². The molecule has 3 nitrogen and oxygen atoms in total. The van der Waals surface area contributed by atoms with Gasteiger partial charge in [-0.25, -0.2) is 0 Å². The van der Waals surface area contributed by atoms with E-state index in [-0.39, 0.29) is 0 Å². The lowest BCUT2D eigenvalue weighted by atomic mass is 9.96. The molecule has 1 aromatic carbocycles. The predicted octanol–water partition coefficient (Wildman–Crippen LogP) is 3.06. The molecule has 1 aliphatic rings. The minimum Gasteiger partial charge on any atom is -0.371 e. The summed E-state index contributed by atoms with van der Waals surface area (Å²) in [6.45, 7) is 2.95. The first-order valence-electron chi connectivity index (χ1n) is 6.77. The summed E-state index contributed by atoms with van der Waals surface area (Å²) in [6.07, 6.45) is 4.21. The number of hydrogen-bond acceptors (Lipinski definition) is 3. The molecule has 2 N–H and O–H groups in total. The maximum absolute atomic E-state index is 6.03. The van der Waals surface area contributed by atoms with Gasteiger partial charge in [-0.3, -0.25) is 4.98 Å². The van der Waals surface area contributed by atoms with Gasteiger partial charge in [-0.15, -0.1) is 0 Å². The molecule has 0 radical (unpaired) electrons. The van der Waals surface area contributed by atoms with E-state index in [0.29, 0.717) is 5.92 Å². The molecular formula is C15H18ClN3. The van der Waals surface area contributed by atoms with Crippen molar-refractivity contribution in [1.29, 1.82) is 0 Å². The summed E-state index contributed by atoms with van der Waals surface area (Å²) in [5.74, 6) is 0.679. The first-order chi connectivity index (χ1) is 9.28. The highest BCUT2D eigenvalue weighted by atomic mass is 35.5. The van der Waals surface area contributed by atoms with Crippen LogP contribution in [-0.4, -0.2) is 24.6 Å². The lowest BCUT2D eigenvalue weighted by Crippen LogP contribution is -2.36. The third-order valence-corrected chi connectivity index (χ3v) is 4.21. The van der Waals surface area contributed by atoms with Crippen molar-refractivity contribution in [3.8, 4) is 0 Å². The minimum absolute atomic E-state index is 0.679. The number of halogens is 1. The topological polar surface area (TPSA) is 42.1 Å². The summed E-state index contributed by atoms with van der Waals surface area (Å²) < 4.78 is 0. The van der Waals surface area contributed by atoms with Crippen LogP contribution in [0.1, 0.15) is 12.8 Å². The fraction of sp³-hybridized carbons (Fsp3) is 0.400. The Kier molecular flexibility index (Phi) is 3.58. The highest BCUT2D eigenvalue weighted by Gasteiger charge is 2.19. The molecule has 0 spiro atoms. The Morgan fingerprint density at radius 2 is 2.05 bits per heavy atom. The van der Waals surface area contributed by atoms with Gasteiger partial charge < -0.3 is 10.6 Å². The monoisotopic (exact) mass is 275 g/mol. The Morgan fingerprint density at radius 3 is 2.79 bits per heavy atom. The molecule has 1 aromatic heterocycles. The largest absolute Gasteiger partial charge is 0.371 e. The van der Waals surface area contributed by atoms with Crippen LogP contribution in [0.15, 0.2) is 30.5 Å². The predicted molar refractivity (Wildman–Crippen MR) is 80.7 cm³/mol. The Hall–Kier alpha value is -1.32. The van der Waals surface area contributed by atoms with E-state index in [1.165, 1.54) is 23.9 Å². The maximum Gasteiger partial charge on any atom is 0.0737 e. The van der Waals surface area contributed by atoms with Crippen LogP contribution in [0.4, 0.5) is 5.69 Å². The number of aromatic nitrogens is 1. The van der Waals surface area contributed by atoms with Crippen molar-refractivity contribution < 1.29 is 0 Å². The Labute approximate surface area is 118 Å². The van der Waals surface area contributed by atoms with Crippen molar-refractivity contribution >= 4 is 28.2 Å². The first-order valence-corrected chi connectivity index (χ1v) is 7.15. The molecule has 0 bridgehead atoms. The highest BCUT2D eigenvalue weighted by molar-refractivity contribution is 6.31. The second-order valence-electron chi connectivity index (χ2n) is 5.16. The van der Waals surface area contributed by atoms with Crippen LogP contribution in [0.25, 0.3) is 10.9 Å². The third-order valence-electron chi connectivity index (χ3n) is 3.97. The fourth-order valence-corrected chi connectivity index (χ4v) is 2.96. The SMILES string of the molecule is NCC1CCN(c2ccnc3cc(Cl)ccc23)CC1. The number of benzene rings is 1. The molecule has 0 amide bonds. The van der Waals surface area contributed by atoms with Crippen LogP contribution < -0.4 is 10.6 Å². The van der Waals surface area contributed by atoms with E-state index in [9.17, 15) is 0 Å². The summed E-state index contributed by atoms with van der Waals surface area (Å²) in [7, 11) is 0. The van der Waals surface area contributed by atoms with Crippen molar-refractivity contribution in [1.82, 2.24) is 4.98 Å². The van der Waals surface area contributed by atoms with Gasteiger partial charge in [0.05, 0.1) is 5.52 Å². The van der Waals surface area contributed by atoms with Crippen molar-refractivity contribution in [2.24, 2.45) is 11.7 Å². The zero-order valence-electron chi connectivity index (χ0n) is 10.8. The maximum atomic E-state index is 6.03. The van der Waals surface area contributed by atoms with E-state index in [2.05, 4.69) is 22.0 Å². The summed E-state index contributed by atoms with van der Waals surface area (Å²) in [4.78, 5) is 6.83. The molecule has 2 heterocycles. The molecule has 0 unspecified atom stereocenters. The molecular weight excluding hydrogens is 258 g/mol. The van der Waals surface area contributed by atoms with Gasteiger partial charge in [0.2, 0.25) is 0 Å². The van der Waals surface area contributed by atoms with Gasteiger partial charge in [-0.1, -0.05) is 11.6 Å². The van der Waals surface area contributed by atoms with Crippen LogP contribution in [0.3, 0.4) is 0 Å². The average Bonchev–Trinajstić information content (AvgIpc) is 2.46. The molecule has 1 aliphatic heterocycles. The fourth-order valence-electron chi connectivity index (χ4n) is 2.79. The lowest BCUT2D eigenvalue weighted by Gasteiger charge is -2.33. The molecule has 0 saturated carbocycles. The van der Waals surface area contributed by atoms with Gasteiger partial charge in [-0.2, -0.15) is 0 Å². The zero-order valence-corrected chi connectivity index (χ0v) is 11.6. The summed E-state index contributed by atoms with van der Waals surface area (Å²) >= 11 is 6.03. The smallest absolute Gasteiger partial charge is 0.0737 e. The molecule has 3 rings (SSSR count). The molecule has 1 saturated heterocycles. The number of nitrogens with two attached hydrogens (primary N) is 1. The molecule has 1 fully saturated rings. The Morgan fingerprint density at radius 1 is 1.26 bits per heavy atom. The van der Waals surface area contributed by atoms with Crippen molar-refractivity contribution in [2.45, 2.75) is 12.8 Å². The molecule has 4 heteroatoms. The van der Waals surface area contributed by atoms with Crippen LogP contribution >= 0.6 is 11.6 Å². The second-order valence-corrected chi connectivity index (χ2v) is 5.59. The van der Waals surface area contributed by atoms with Crippen molar-refractivity contribution in [3.05, 3.63) is 35.5 Å². The number of piperidine rings is 1. The summed E-state index contributed by atoms with van der Waals surface area (Å²) in [5, 5.41) is 1.91. The molecule has 19 heavy (non-hydrogen) atoms. The van der Waals surface area contributed by atoms with Crippen LogP contribution in [0, 0.1) is 5.92 Å². The van der Waals surface area contributed by atoms with E-state index in [1.807, 2.05) is 18.3 Å². The lowest BCUT2D eigenvalue weighted by molar-refractivity contribution is 0.415. The second kappa shape index (κ2) is 5.35. The highest BCUT2D eigenvalue weighted by Crippen LogP contribution is 2.30. The summed E-state index contributed by atoms with van der Waals surface area (Å²) in [6, 6.07) is 8.02. The quantitative estimate of drug-likeness (QED) is 0.916. The van der Waals surface area contributed by atoms with Gasteiger partial charge >= 0.3 is 0 Å². The number of hydrogen-bond donors (Lipinski definition) is 1. The van der Waals surface area contributed by atoms with Gasteiger partial charge in [0, 0.05) is 35.4 Å². The first kappa shape index (κ1) is 12.7. The number of pyridine rings is 1. The van der Waals surface area contributed by atoms with E-state index in [4.69, 9.17) is 17.3 Å². The normalized spacial score (nSPS) is 17.1. The van der Waals surface area contributed by atoms with E-state index in [0.717, 1.165) is 30.2 Å². The Bertz CT molecular complexity index is 577. The van der Waals surface area contributed by atoms with E-state index >= 15 is 0 Å². The van der Waals surface area contributed by atoms with Gasteiger partial charge in [0.25, 0.3) is 0 Å². The molecule has 0 aliphatic carbocycles. The Balaban J connectivity index is 1.93. The third kappa shape index (κ3) is 2.53. The number of rotatable bonds is 2. The molecule has 2 aromatic rings. The van der Waals surface area contributed by atoms with Crippen LogP contribution in [0.5, 0.6) is 0 Å². The van der Waals surface area contributed by atoms with E-state index < -0.39 is 0 Å². The summed E-state index contributed by atoms with van der Waals surface area (Å²) in [5.41, 5.74) is 7.98. The number of anilines is 1. The van der Waals surface area contributed by atoms with Gasteiger partial charge in [0.15, 0.2) is 0 Å². The van der Waals surface area contributed by atoms with Gasteiger partial charge in [0.1, 0.15) is 0 Å². The number of nitrogens with zero attached hydrogens (tertiary/aromatic N) is 2. The van der Waals surface area contributed by atoms with Gasteiger partial charge in [-0.05, 0) is 49.6 Å². The molecule has 100 valence electrons.